The Hall–Kier alpha value is -3.20. The quantitative estimate of drug-likeness (QED) is 0.612. The molecular formula is C23H20FNO. The van der Waals surface area contributed by atoms with Crippen LogP contribution in [-0.2, 0) is 4.79 Å². The Morgan fingerprint density at radius 3 is 1.88 bits per heavy atom. The highest BCUT2D eigenvalue weighted by Crippen LogP contribution is 2.24. The molecule has 2 nitrogen and oxygen atoms in total. The normalized spacial score (nSPS) is 10.2. The Balaban J connectivity index is 1.69. The van der Waals surface area contributed by atoms with Crippen molar-refractivity contribution in [2.45, 2.75) is 12.8 Å². The van der Waals surface area contributed by atoms with E-state index in [0.717, 1.165) is 16.7 Å². The molecule has 3 rings (SSSR count). The first-order valence-corrected chi connectivity index (χ1v) is 8.59. The first-order chi connectivity index (χ1) is 12.7. The van der Waals surface area contributed by atoms with Crippen LogP contribution in [0.2, 0.25) is 0 Å². The molecule has 0 radical (unpaired) electrons. The predicted molar refractivity (Wildman–Crippen MR) is 104 cm³/mol. The molecule has 3 heteroatoms. The van der Waals surface area contributed by atoms with E-state index in [9.17, 15) is 9.18 Å². The van der Waals surface area contributed by atoms with Crippen LogP contribution in [0, 0.1) is 5.82 Å². The molecule has 0 aromatic heterocycles. The van der Waals surface area contributed by atoms with Gasteiger partial charge in [-0.25, -0.2) is 4.39 Å². The van der Waals surface area contributed by atoms with Gasteiger partial charge in [0.05, 0.1) is 0 Å². The van der Waals surface area contributed by atoms with Crippen molar-refractivity contribution in [1.29, 1.82) is 0 Å². The van der Waals surface area contributed by atoms with Gasteiger partial charge in [0.15, 0.2) is 0 Å². The van der Waals surface area contributed by atoms with E-state index in [1.807, 2.05) is 36.4 Å². The minimum absolute atomic E-state index is 0.0895. The van der Waals surface area contributed by atoms with Crippen molar-refractivity contribution in [2.24, 2.45) is 0 Å². The zero-order chi connectivity index (χ0) is 18.2. The molecule has 0 bridgehead atoms. The second-order valence-electron chi connectivity index (χ2n) is 5.94. The van der Waals surface area contributed by atoms with E-state index < -0.39 is 0 Å². The predicted octanol–water partition coefficient (Wildman–Crippen LogP) is 5.68. The molecular weight excluding hydrogens is 325 g/mol. The molecule has 0 atom stereocenters. The summed E-state index contributed by atoms with van der Waals surface area (Å²) in [5.41, 5.74) is 3.96. The van der Waals surface area contributed by atoms with Crippen LogP contribution in [0.3, 0.4) is 0 Å². The summed E-state index contributed by atoms with van der Waals surface area (Å²) in [4.78, 5) is 12.1. The van der Waals surface area contributed by atoms with Crippen LogP contribution in [-0.4, -0.2) is 5.91 Å². The van der Waals surface area contributed by atoms with Gasteiger partial charge < -0.3 is 5.32 Å². The minimum Gasteiger partial charge on any atom is -0.326 e. The largest absolute Gasteiger partial charge is 0.326 e. The second-order valence-corrected chi connectivity index (χ2v) is 5.94. The summed E-state index contributed by atoms with van der Waals surface area (Å²) in [6.07, 6.45) is 3.07. The lowest BCUT2D eigenvalue weighted by Gasteiger charge is -2.09. The molecule has 0 spiro atoms. The highest BCUT2D eigenvalue weighted by molar-refractivity contribution is 5.91. The lowest BCUT2D eigenvalue weighted by Crippen LogP contribution is -2.10. The van der Waals surface area contributed by atoms with Crippen molar-refractivity contribution in [3.05, 3.63) is 108 Å². The Morgan fingerprint density at radius 2 is 1.35 bits per heavy atom. The molecule has 0 aliphatic heterocycles. The number of carbonyl (C=O) groups is 1. The molecule has 0 unspecified atom stereocenters. The van der Waals surface area contributed by atoms with E-state index >= 15 is 0 Å². The number of anilines is 1. The van der Waals surface area contributed by atoms with Gasteiger partial charge in [0, 0.05) is 12.1 Å². The van der Waals surface area contributed by atoms with E-state index in [0.29, 0.717) is 18.5 Å². The topological polar surface area (TPSA) is 29.1 Å². The summed E-state index contributed by atoms with van der Waals surface area (Å²) in [5.74, 6) is -0.408. The molecule has 0 heterocycles. The van der Waals surface area contributed by atoms with Crippen molar-refractivity contribution in [2.75, 3.05) is 5.32 Å². The maximum Gasteiger partial charge on any atom is 0.224 e. The van der Waals surface area contributed by atoms with Crippen LogP contribution < -0.4 is 5.32 Å². The minimum atomic E-state index is -0.318. The summed E-state index contributed by atoms with van der Waals surface area (Å²) >= 11 is 0. The van der Waals surface area contributed by atoms with Crippen molar-refractivity contribution in [3.63, 3.8) is 0 Å². The molecule has 1 N–H and O–H groups in total. The van der Waals surface area contributed by atoms with Crippen molar-refractivity contribution in [3.8, 4) is 0 Å². The van der Waals surface area contributed by atoms with Crippen molar-refractivity contribution in [1.82, 2.24) is 0 Å². The Morgan fingerprint density at radius 1 is 0.808 bits per heavy atom. The van der Waals surface area contributed by atoms with Crippen LogP contribution in [0.1, 0.15) is 24.0 Å². The molecule has 0 aliphatic rings. The van der Waals surface area contributed by atoms with E-state index in [2.05, 4.69) is 35.7 Å². The standard InChI is InChI=1S/C23H20FNO/c24-20-14-16-21(17-15-20)25-23(26)13-7-12-22(18-8-3-1-4-9-18)19-10-5-2-6-11-19/h1-6,8-12,14-17H,7,13H2,(H,25,26). The fraction of sp³-hybridized carbons (Fsp3) is 0.0870. The number of rotatable bonds is 6. The Labute approximate surface area is 153 Å². The molecule has 0 saturated carbocycles. The third-order valence-corrected chi connectivity index (χ3v) is 4.02. The number of amides is 1. The van der Waals surface area contributed by atoms with Gasteiger partial charge in [-0.05, 0) is 47.4 Å². The second kappa shape index (κ2) is 8.77. The number of carbonyl (C=O) groups excluding carboxylic acids is 1. The average molecular weight is 345 g/mol. The monoisotopic (exact) mass is 345 g/mol. The number of hydrogen-bond donors (Lipinski definition) is 1. The number of benzene rings is 3. The maximum atomic E-state index is 12.9. The lowest BCUT2D eigenvalue weighted by molar-refractivity contribution is -0.116. The number of nitrogens with one attached hydrogen (secondary N) is 1. The van der Waals surface area contributed by atoms with Gasteiger partial charge in [-0.1, -0.05) is 66.7 Å². The van der Waals surface area contributed by atoms with E-state index in [1.54, 1.807) is 12.1 Å². The third kappa shape index (κ3) is 4.90. The lowest BCUT2D eigenvalue weighted by atomic mass is 9.96. The highest BCUT2D eigenvalue weighted by Gasteiger charge is 2.06. The van der Waals surface area contributed by atoms with Crippen LogP contribution in [0.25, 0.3) is 5.57 Å². The number of halogens is 1. The summed E-state index contributed by atoms with van der Waals surface area (Å²) in [6, 6.07) is 26.1. The number of allylic oxidation sites excluding steroid dienone is 1. The zero-order valence-electron chi connectivity index (χ0n) is 14.4. The molecule has 3 aromatic rings. The fourth-order valence-corrected chi connectivity index (χ4v) is 2.74. The SMILES string of the molecule is O=C(CCC=C(c1ccccc1)c1ccccc1)Nc1ccc(F)cc1. The van der Waals surface area contributed by atoms with Crippen molar-refractivity contribution < 1.29 is 9.18 Å². The third-order valence-electron chi connectivity index (χ3n) is 4.02. The molecule has 130 valence electrons. The van der Waals surface area contributed by atoms with Gasteiger partial charge in [0.1, 0.15) is 5.82 Å². The first-order valence-electron chi connectivity index (χ1n) is 8.59. The average Bonchev–Trinajstić information content (AvgIpc) is 2.68. The summed E-state index contributed by atoms with van der Waals surface area (Å²) < 4.78 is 12.9. The van der Waals surface area contributed by atoms with Gasteiger partial charge >= 0.3 is 0 Å². The van der Waals surface area contributed by atoms with Gasteiger partial charge in [-0.15, -0.1) is 0 Å². The molecule has 3 aromatic carbocycles. The van der Waals surface area contributed by atoms with Crippen LogP contribution in [0.4, 0.5) is 10.1 Å². The smallest absolute Gasteiger partial charge is 0.224 e. The van der Waals surface area contributed by atoms with E-state index in [1.165, 1.54) is 12.1 Å². The van der Waals surface area contributed by atoms with E-state index in [4.69, 9.17) is 0 Å². The summed E-state index contributed by atoms with van der Waals surface area (Å²) in [7, 11) is 0. The molecule has 1 amide bonds. The van der Waals surface area contributed by atoms with Gasteiger partial charge in [-0.2, -0.15) is 0 Å². The Bertz CT molecular complexity index is 830. The zero-order valence-corrected chi connectivity index (χ0v) is 14.4. The van der Waals surface area contributed by atoms with Crippen LogP contribution in [0.15, 0.2) is 91.0 Å². The van der Waals surface area contributed by atoms with Gasteiger partial charge in [0.25, 0.3) is 0 Å². The van der Waals surface area contributed by atoms with Gasteiger partial charge in [-0.3, -0.25) is 4.79 Å². The van der Waals surface area contributed by atoms with Crippen molar-refractivity contribution >= 4 is 17.2 Å². The van der Waals surface area contributed by atoms with Crippen LogP contribution in [0.5, 0.6) is 0 Å². The first kappa shape index (κ1) is 17.6. The summed E-state index contributed by atoms with van der Waals surface area (Å²) in [5, 5.41) is 2.79. The molecule has 0 saturated heterocycles. The Kier molecular flexibility index (Phi) is 5.94. The molecule has 0 aliphatic carbocycles. The summed E-state index contributed by atoms with van der Waals surface area (Å²) in [6.45, 7) is 0. The van der Waals surface area contributed by atoms with Crippen LogP contribution >= 0.6 is 0 Å². The van der Waals surface area contributed by atoms with Gasteiger partial charge in [0.2, 0.25) is 5.91 Å². The fourth-order valence-electron chi connectivity index (χ4n) is 2.74. The molecule has 26 heavy (non-hydrogen) atoms. The maximum absolute atomic E-state index is 12.9. The number of hydrogen-bond acceptors (Lipinski definition) is 1. The molecule has 0 fully saturated rings. The van der Waals surface area contributed by atoms with E-state index in [-0.39, 0.29) is 11.7 Å². The highest BCUT2D eigenvalue weighted by atomic mass is 19.1.